The molecule has 0 aliphatic heterocycles. The number of aromatic carboxylic acids is 1. The summed E-state index contributed by atoms with van der Waals surface area (Å²) in [4.78, 5) is 18.8. The molecule has 0 aliphatic carbocycles. The third kappa shape index (κ3) is 5.42. The molecule has 6 nitrogen and oxygen atoms in total. The second kappa shape index (κ2) is 5.41. The van der Waals surface area contributed by atoms with E-state index >= 15 is 0 Å². The van der Waals surface area contributed by atoms with Gasteiger partial charge in [-0.3, -0.25) is 0 Å². The Morgan fingerprint density at radius 3 is 1.57 bits per heavy atom. The number of carboxylic acid groups (broad SMARTS) is 3. The maximum atomic E-state index is 10.2. The number of aromatic hydroxyl groups is 1. The van der Waals surface area contributed by atoms with Crippen LogP contribution in [0.1, 0.15) is 10.4 Å². The molecule has 0 saturated carbocycles. The average molecular weight is 200 g/mol. The van der Waals surface area contributed by atoms with Crippen LogP contribution in [-0.4, -0.2) is 32.6 Å². The predicted octanol–water partition coefficient (Wildman–Crippen LogP) is 1.31. The summed E-state index contributed by atoms with van der Waals surface area (Å²) < 4.78 is 0. The molecule has 1 rings (SSSR count). The van der Waals surface area contributed by atoms with E-state index < -0.39 is 12.1 Å². The average Bonchev–Trinajstić information content (AvgIpc) is 2.03. The number of phenols is 1. The van der Waals surface area contributed by atoms with E-state index in [0.717, 1.165) is 0 Å². The number of phenolic OH excluding ortho intramolecular Hbond substituents is 1. The second-order valence-corrected chi connectivity index (χ2v) is 2.13. The van der Waals surface area contributed by atoms with Crippen LogP contribution in [-0.2, 0) is 0 Å². The van der Waals surface area contributed by atoms with Gasteiger partial charge in [-0.05, 0) is 24.3 Å². The van der Waals surface area contributed by atoms with Gasteiger partial charge in [0.25, 0.3) is 0 Å². The van der Waals surface area contributed by atoms with Crippen molar-refractivity contribution in [2.45, 2.75) is 0 Å². The molecule has 1 aromatic rings. The van der Waals surface area contributed by atoms with Crippen LogP contribution in [0.25, 0.3) is 0 Å². The molecule has 0 heterocycles. The Labute approximate surface area is 78.7 Å². The number of carbonyl (C=O) groups is 2. The number of carboxylic acids is 1. The molecular formula is C8H8O6. The van der Waals surface area contributed by atoms with Crippen molar-refractivity contribution in [3.63, 3.8) is 0 Å². The van der Waals surface area contributed by atoms with Gasteiger partial charge in [-0.1, -0.05) is 0 Å². The van der Waals surface area contributed by atoms with Crippen LogP contribution in [0.5, 0.6) is 5.75 Å². The minimum atomic E-state index is -1.83. The summed E-state index contributed by atoms with van der Waals surface area (Å²) in [5, 5.41) is 31.1. The van der Waals surface area contributed by atoms with Crippen LogP contribution in [0.2, 0.25) is 0 Å². The van der Waals surface area contributed by atoms with Gasteiger partial charge in [0, 0.05) is 0 Å². The van der Waals surface area contributed by atoms with Crippen LogP contribution in [0, 0.1) is 0 Å². The largest absolute Gasteiger partial charge is 0.508 e. The zero-order valence-electron chi connectivity index (χ0n) is 6.91. The lowest BCUT2D eigenvalue weighted by Crippen LogP contribution is -1.93. The fourth-order valence-corrected chi connectivity index (χ4v) is 0.604. The van der Waals surface area contributed by atoms with Gasteiger partial charge in [0.15, 0.2) is 0 Å². The Kier molecular flexibility index (Phi) is 4.55. The first-order chi connectivity index (χ1) is 6.43. The molecule has 76 valence electrons. The molecule has 6 heteroatoms. The molecule has 0 aromatic heterocycles. The highest BCUT2D eigenvalue weighted by Gasteiger charge is 1.99. The molecule has 0 saturated heterocycles. The number of hydrogen-bond donors (Lipinski definition) is 4. The first-order valence-corrected chi connectivity index (χ1v) is 3.37. The number of benzene rings is 1. The van der Waals surface area contributed by atoms with E-state index in [0.29, 0.717) is 0 Å². The van der Waals surface area contributed by atoms with Gasteiger partial charge in [-0.15, -0.1) is 0 Å². The molecular weight excluding hydrogens is 192 g/mol. The first-order valence-electron chi connectivity index (χ1n) is 3.37. The molecule has 14 heavy (non-hydrogen) atoms. The second-order valence-electron chi connectivity index (χ2n) is 2.13. The summed E-state index contributed by atoms with van der Waals surface area (Å²) in [6.45, 7) is 0. The molecule has 0 radical (unpaired) electrons. The van der Waals surface area contributed by atoms with E-state index in [2.05, 4.69) is 0 Å². The molecule has 1 aromatic carbocycles. The summed E-state index contributed by atoms with van der Waals surface area (Å²) in [7, 11) is 0. The molecule has 0 fully saturated rings. The van der Waals surface area contributed by atoms with E-state index in [1.165, 1.54) is 24.3 Å². The highest BCUT2D eigenvalue weighted by Crippen LogP contribution is 2.08. The standard InChI is InChI=1S/C7H6O3.CH2O3/c8-6-3-1-5(2-4-6)7(9)10;2-1(3)4/h1-4,8H,(H,9,10);(H2,2,3,4). The molecule has 0 aliphatic rings. The summed E-state index contributed by atoms with van der Waals surface area (Å²) >= 11 is 0. The fourth-order valence-electron chi connectivity index (χ4n) is 0.604. The van der Waals surface area contributed by atoms with E-state index in [9.17, 15) is 4.79 Å². The van der Waals surface area contributed by atoms with E-state index in [1.54, 1.807) is 0 Å². The van der Waals surface area contributed by atoms with Crippen molar-refractivity contribution in [1.29, 1.82) is 0 Å². The highest BCUT2D eigenvalue weighted by molar-refractivity contribution is 5.87. The monoisotopic (exact) mass is 200 g/mol. The van der Waals surface area contributed by atoms with Gasteiger partial charge < -0.3 is 20.4 Å². The lowest BCUT2D eigenvalue weighted by atomic mass is 10.2. The van der Waals surface area contributed by atoms with Crippen LogP contribution in [0.4, 0.5) is 4.79 Å². The van der Waals surface area contributed by atoms with Crippen LogP contribution in [0.3, 0.4) is 0 Å². The van der Waals surface area contributed by atoms with Gasteiger partial charge in [0.2, 0.25) is 0 Å². The Hall–Kier alpha value is -2.24. The molecule has 4 N–H and O–H groups in total. The summed E-state index contributed by atoms with van der Waals surface area (Å²) in [5.74, 6) is -0.912. The van der Waals surface area contributed by atoms with Gasteiger partial charge in [-0.25, -0.2) is 9.59 Å². The third-order valence-electron chi connectivity index (χ3n) is 1.11. The SMILES string of the molecule is O=C(O)O.O=C(O)c1ccc(O)cc1. The summed E-state index contributed by atoms with van der Waals surface area (Å²) in [5.41, 5.74) is 0.179. The zero-order valence-corrected chi connectivity index (χ0v) is 6.91. The van der Waals surface area contributed by atoms with Crippen LogP contribution < -0.4 is 0 Å². The van der Waals surface area contributed by atoms with Gasteiger partial charge in [0.1, 0.15) is 5.75 Å². The minimum absolute atomic E-state index is 0.0741. The maximum Gasteiger partial charge on any atom is 0.503 e. The van der Waals surface area contributed by atoms with Crippen molar-refractivity contribution in [3.8, 4) is 5.75 Å². The molecule has 0 atom stereocenters. The Bertz CT molecular complexity index is 311. The number of hydrogen-bond acceptors (Lipinski definition) is 3. The smallest absolute Gasteiger partial charge is 0.503 e. The van der Waals surface area contributed by atoms with Crippen molar-refractivity contribution < 1.29 is 30.0 Å². The zero-order chi connectivity index (χ0) is 11.1. The molecule has 0 amide bonds. The van der Waals surface area contributed by atoms with Crippen molar-refractivity contribution in [1.82, 2.24) is 0 Å². The highest BCUT2D eigenvalue weighted by atomic mass is 16.6. The van der Waals surface area contributed by atoms with Crippen molar-refractivity contribution in [3.05, 3.63) is 29.8 Å². The lowest BCUT2D eigenvalue weighted by Gasteiger charge is -1.92. The topological polar surface area (TPSA) is 115 Å². The van der Waals surface area contributed by atoms with Crippen LogP contribution >= 0.6 is 0 Å². The van der Waals surface area contributed by atoms with Gasteiger partial charge >= 0.3 is 12.1 Å². The first kappa shape index (κ1) is 11.8. The van der Waals surface area contributed by atoms with E-state index in [1.807, 2.05) is 0 Å². The Morgan fingerprint density at radius 2 is 1.29 bits per heavy atom. The minimum Gasteiger partial charge on any atom is -0.508 e. The van der Waals surface area contributed by atoms with E-state index in [-0.39, 0.29) is 11.3 Å². The van der Waals surface area contributed by atoms with E-state index in [4.69, 9.17) is 25.2 Å². The van der Waals surface area contributed by atoms with Crippen molar-refractivity contribution in [2.24, 2.45) is 0 Å². The lowest BCUT2D eigenvalue weighted by molar-refractivity contribution is 0.0696. The quantitative estimate of drug-likeness (QED) is 0.543. The molecule has 0 spiro atoms. The number of rotatable bonds is 1. The van der Waals surface area contributed by atoms with Crippen molar-refractivity contribution >= 4 is 12.1 Å². The van der Waals surface area contributed by atoms with Gasteiger partial charge in [-0.2, -0.15) is 0 Å². The van der Waals surface area contributed by atoms with Crippen molar-refractivity contribution in [2.75, 3.05) is 0 Å². The predicted molar refractivity (Wildman–Crippen MR) is 45.7 cm³/mol. The normalized spacial score (nSPS) is 8.29. The molecule has 0 bridgehead atoms. The van der Waals surface area contributed by atoms with Crippen LogP contribution in [0.15, 0.2) is 24.3 Å². The third-order valence-corrected chi connectivity index (χ3v) is 1.11. The molecule has 0 unspecified atom stereocenters. The summed E-state index contributed by atoms with van der Waals surface area (Å²) in [6.07, 6.45) is -1.83. The Morgan fingerprint density at radius 1 is 0.929 bits per heavy atom. The maximum absolute atomic E-state index is 10.2. The summed E-state index contributed by atoms with van der Waals surface area (Å²) in [6, 6.07) is 5.36. The Balaban J connectivity index is 0.000000364. The van der Waals surface area contributed by atoms with Gasteiger partial charge in [0.05, 0.1) is 5.56 Å². The fraction of sp³-hybridized carbons (Fsp3) is 0.